The number of nitrogens with zero attached hydrogens (tertiary/aromatic N) is 3. The molecule has 1 N–H and O–H groups in total. The molecule has 0 bridgehead atoms. The third-order valence-electron chi connectivity index (χ3n) is 5.58. The van der Waals surface area contributed by atoms with Gasteiger partial charge in [-0.1, -0.05) is 11.6 Å². The van der Waals surface area contributed by atoms with Gasteiger partial charge in [0, 0.05) is 23.8 Å². The molecule has 2 aromatic carbocycles. The second-order valence-electron chi connectivity index (χ2n) is 7.78. The number of carbonyl (C=O) groups is 2. The molecule has 34 heavy (non-hydrogen) atoms. The average molecular weight is 482 g/mol. The third kappa shape index (κ3) is 4.97. The Morgan fingerprint density at radius 3 is 2.53 bits per heavy atom. The number of hydrazone groups is 1. The van der Waals surface area contributed by atoms with Crippen molar-refractivity contribution >= 4 is 40.1 Å². The van der Waals surface area contributed by atoms with Crippen LogP contribution in [0.1, 0.15) is 43.4 Å². The summed E-state index contributed by atoms with van der Waals surface area (Å²) in [6, 6.07) is 14.3. The number of hydrogen-bond acceptors (Lipinski definition) is 6. The number of benzene rings is 2. The summed E-state index contributed by atoms with van der Waals surface area (Å²) in [4.78, 5) is 28.5. The van der Waals surface area contributed by atoms with E-state index in [1.807, 2.05) is 55.5 Å². The van der Waals surface area contributed by atoms with Gasteiger partial charge >= 0.3 is 5.97 Å². The molecule has 1 aliphatic heterocycles. The quantitative estimate of drug-likeness (QED) is 0.462. The first-order valence-electron chi connectivity index (χ1n) is 10.9. The molecule has 0 radical (unpaired) electrons. The van der Waals surface area contributed by atoms with Crippen molar-refractivity contribution in [1.29, 1.82) is 0 Å². The lowest BCUT2D eigenvalue weighted by atomic mass is 9.98. The molecule has 0 spiro atoms. The summed E-state index contributed by atoms with van der Waals surface area (Å²) in [5.41, 5.74) is 2.87. The number of carboxylic acids is 1. The van der Waals surface area contributed by atoms with Gasteiger partial charge in [0.05, 0.1) is 37.4 Å². The van der Waals surface area contributed by atoms with Crippen molar-refractivity contribution in [2.24, 2.45) is 5.10 Å². The van der Waals surface area contributed by atoms with Crippen molar-refractivity contribution in [2.45, 2.75) is 32.2 Å². The van der Waals surface area contributed by atoms with Crippen LogP contribution >= 0.6 is 11.6 Å². The van der Waals surface area contributed by atoms with Crippen LogP contribution in [-0.4, -0.2) is 46.4 Å². The highest BCUT2D eigenvalue weighted by Crippen LogP contribution is 2.38. The van der Waals surface area contributed by atoms with E-state index in [1.54, 1.807) is 7.11 Å². The van der Waals surface area contributed by atoms with Gasteiger partial charge in [0.2, 0.25) is 5.91 Å². The minimum absolute atomic E-state index is 0.168. The van der Waals surface area contributed by atoms with Crippen LogP contribution in [0.25, 0.3) is 10.9 Å². The zero-order chi connectivity index (χ0) is 24.2. The summed E-state index contributed by atoms with van der Waals surface area (Å²) >= 11 is 6.57. The fourth-order valence-electron chi connectivity index (χ4n) is 3.91. The van der Waals surface area contributed by atoms with Gasteiger partial charge in [-0.3, -0.25) is 9.59 Å². The van der Waals surface area contributed by atoms with Crippen molar-refractivity contribution in [3.8, 4) is 11.5 Å². The van der Waals surface area contributed by atoms with Crippen molar-refractivity contribution in [1.82, 2.24) is 9.99 Å². The van der Waals surface area contributed by atoms with Crippen molar-refractivity contribution in [2.75, 3.05) is 13.7 Å². The molecule has 3 aromatic rings. The molecule has 8 nitrogen and oxygen atoms in total. The van der Waals surface area contributed by atoms with Gasteiger partial charge in [0.1, 0.15) is 16.7 Å². The van der Waals surface area contributed by atoms with E-state index in [-0.39, 0.29) is 18.0 Å². The largest absolute Gasteiger partial charge is 0.497 e. The highest BCUT2D eigenvalue weighted by Gasteiger charge is 2.35. The van der Waals surface area contributed by atoms with Crippen LogP contribution in [0.15, 0.2) is 53.6 Å². The zero-order valence-electron chi connectivity index (χ0n) is 18.8. The predicted octanol–water partition coefficient (Wildman–Crippen LogP) is 4.84. The highest BCUT2D eigenvalue weighted by atomic mass is 35.5. The molecular weight excluding hydrogens is 458 g/mol. The Morgan fingerprint density at radius 1 is 1.12 bits per heavy atom. The van der Waals surface area contributed by atoms with Gasteiger partial charge in [-0.15, -0.1) is 0 Å². The average Bonchev–Trinajstić information content (AvgIpc) is 3.28. The van der Waals surface area contributed by atoms with Gasteiger partial charge in [-0.05, 0) is 61.0 Å². The second-order valence-corrected chi connectivity index (χ2v) is 8.14. The number of ether oxygens (including phenoxy) is 2. The van der Waals surface area contributed by atoms with Crippen LogP contribution in [0.5, 0.6) is 11.5 Å². The maximum absolute atomic E-state index is 13.0. The van der Waals surface area contributed by atoms with Gasteiger partial charge in [-0.25, -0.2) is 9.99 Å². The maximum atomic E-state index is 13.0. The van der Waals surface area contributed by atoms with E-state index in [9.17, 15) is 9.59 Å². The number of rotatable bonds is 8. The van der Waals surface area contributed by atoms with Crippen molar-refractivity contribution < 1.29 is 24.2 Å². The van der Waals surface area contributed by atoms with Crippen LogP contribution in [0.2, 0.25) is 5.15 Å². The molecule has 1 amide bonds. The van der Waals surface area contributed by atoms with Crippen LogP contribution < -0.4 is 9.47 Å². The number of aromatic nitrogens is 1. The number of carboxylic acid groups (broad SMARTS) is 1. The molecular formula is C25H24ClN3O5. The predicted molar refractivity (Wildman–Crippen MR) is 129 cm³/mol. The topological polar surface area (TPSA) is 101 Å². The number of carbonyl (C=O) groups excluding carboxylic acids is 1. The number of aliphatic carboxylic acids is 1. The van der Waals surface area contributed by atoms with Gasteiger partial charge in [-0.2, -0.15) is 5.10 Å². The van der Waals surface area contributed by atoms with Gasteiger partial charge in [0.15, 0.2) is 0 Å². The molecule has 1 aliphatic rings. The fraction of sp³-hybridized carbons (Fsp3) is 0.280. The Balaban J connectivity index is 1.72. The number of amides is 1. The molecule has 0 fully saturated rings. The normalized spacial score (nSPS) is 15.3. The fourth-order valence-corrected chi connectivity index (χ4v) is 4.18. The minimum atomic E-state index is -1.04. The van der Waals surface area contributed by atoms with Crippen LogP contribution in [0, 0.1) is 0 Å². The van der Waals surface area contributed by atoms with E-state index < -0.39 is 17.9 Å². The number of pyridine rings is 1. The molecule has 0 saturated carbocycles. The molecule has 2 heterocycles. The summed E-state index contributed by atoms with van der Waals surface area (Å²) in [5, 5.41) is 16.0. The number of fused-ring (bicyclic) bond motifs is 1. The lowest BCUT2D eigenvalue weighted by Crippen LogP contribution is -2.27. The molecule has 1 atom stereocenters. The van der Waals surface area contributed by atoms with Crippen molar-refractivity contribution in [3.63, 3.8) is 0 Å². The van der Waals surface area contributed by atoms with E-state index in [0.717, 1.165) is 10.9 Å². The Bertz CT molecular complexity index is 1260. The van der Waals surface area contributed by atoms with Crippen LogP contribution in [0.3, 0.4) is 0 Å². The number of hydrogen-bond donors (Lipinski definition) is 1. The first-order valence-corrected chi connectivity index (χ1v) is 11.3. The Morgan fingerprint density at radius 2 is 1.85 bits per heavy atom. The minimum Gasteiger partial charge on any atom is -0.497 e. The smallest absolute Gasteiger partial charge is 0.303 e. The summed E-state index contributed by atoms with van der Waals surface area (Å²) in [6.07, 6.45) is -0.0433. The highest BCUT2D eigenvalue weighted by molar-refractivity contribution is 6.30. The van der Waals surface area contributed by atoms with Crippen molar-refractivity contribution in [3.05, 3.63) is 64.8 Å². The van der Waals surface area contributed by atoms with Gasteiger partial charge < -0.3 is 14.6 Å². The van der Waals surface area contributed by atoms with E-state index >= 15 is 0 Å². The Kier molecular flexibility index (Phi) is 6.98. The maximum Gasteiger partial charge on any atom is 0.303 e. The van der Waals surface area contributed by atoms with Crippen LogP contribution in [-0.2, 0) is 9.59 Å². The molecule has 0 unspecified atom stereocenters. The van der Waals surface area contributed by atoms with E-state index in [0.29, 0.717) is 41.3 Å². The number of halogens is 1. The lowest BCUT2D eigenvalue weighted by molar-refractivity contribution is -0.141. The molecule has 0 saturated heterocycles. The SMILES string of the molecule is CCOc1ccc2nc(Cl)c([C@H]3CC(c4ccc(OC)cc4)=NN3C(=O)CCC(=O)O)cc2c1. The zero-order valence-corrected chi connectivity index (χ0v) is 19.6. The summed E-state index contributed by atoms with van der Waals surface area (Å²) in [7, 11) is 1.59. The molecule has 1 aromatic heterocycles. The van der Waals surface area contributed by atoms with Crippen LogP contribution in [0.4, 0.5) is 0 Å². The van der Waals surface area contributed by atoms with Gasteiger partial charge in [0.25, 0.3) is 0 Å². The summed E-state index contributed by atoms with van der Waals surface area (Å²) < 4.78 is 10.8. The van der Waals surface area contributed by atoms with E-state index in [2.05, 4.69) is 10.1 Å². The monoisotopic (exact) mass is 481 g/mol. The Labute approximate surface area is 201 Å². The molecule has 176 valence electrons. The lowest BCUT2D eigenvalue weighted by Gasteiger charge is -2.23. The number of methoxy groups -OCH3 is 1. The summed E-state index contributed by atoms with van der Waals surface area (Å²) in [5.74, 6) is -0.0197. The van der Waals surface area contributed by atoms with E-state index in [4.69, 9.17) is 26.2 Å². The molecule has 4 rings (SSSR count). The first-order chi connectivity index (χ1) is 16.4. The standard InChI is InChI=1S/C25H24ClN3O5/c1-3-34-18-8-9-20-16(12-18)13-19(25(26)27-20)22-14-21(15-4-6-17(33-2)7-5-15)28-29(22)23(30)10-11-24(31)32/h4-9,12-13,22H,3,10-11,14H2,1-2H3,(H,31,32)/t22-/m1/s1. The van der Waals surface area contributed by atoms with E-state index in [1.165, 1.54) is 5.01 Å². The Hall–Kier alpha value is -3.65. The molecule has 9 heteroatoms. The first kappa shape index (κ1) is 23.5. The summed E-state index contributed by atoms with van der Waals surface area (Å²) in [6.45, 7) is 2.44. The third-order valence-corrected chi connectivity index (χ3v) is 5.88. The molecule has 0 aliphatic carbocycles. The second kappa shape index (κ2) is 10.1.